The highest BCUT2D eigenvalue weighted by molar-refractivity contribution is 7.16. The van der Waals surface area contributed by atoms with Crippen LogP contribution >= 0.6 is 22.9 Å². The maximum Gasteiger partial charge on any atom is 0.292 e. The van der Waals surface area contributed by atoms with Crippen molar-refractivity contribution in [3.05, 3.63) is 52.3 Å². The molecule has 1 atom stereocenters. The number of carbonyl (C=O) groups is 1. The summed E-state index contributed by atoms with van der Waals surface area (Å²) in [5.41, 5.74) is 0.853. The van der Waals surface area contributed by atoms with Gasteiger partial charge in [0.05, 0.1) is 21.8 Å². The van der Waals surface area contributed by atoms with Gasteiger partial charge in [-0.3, -0.25) is 4.79 Å². The first-order valence-electron chi connectivity index (χ1n) is 9.00. The summed E-state index contributed by atoms with van der Waals surface area (Å²) in [4.78, 5) is 17.7. The molecule has 2 aromatic carbocycles. The van der Waals surface area contributed by atoms with Gasteiger partial charge in [-0.25, -0.2) is 0 Å². The molecule has 6 nitrogen and oxygen atoms in total. The molecule has 28 heavy (non-hydrogen) atoms. The van der Waals surface area contributed by atoms with E-state index in [1.165, 1.54) is 11.3 Å². The van der Waals surface area contributed by atoms with Crippen molar-refractivity contribution in [1.29, 1.82) is 0 Å². The van der Waals surface area contributed by atoms with E-state index in [0.29, 0.717) is 41.1 Å². The topological polar surface area (TPSA) is 62.1 Å². The zero-order valence-electron chi connectivity index (χ0n) is 15.3. The van der Waals surface area contributed by atoms with Crippen molar-refractivity contribution in [3.8, 4) is 11.5 Å². The Hall–Kier alpha value is -2.35. The number of aromatic nitrogens is 1. The van der Waals surface area contributed by atoms with Gasteiger partial charge < -0.3 is 18.8 Å². The molecule has 8 heteroatoms. The molecule has 0 unspecified atom stereocenters. The summed E-state index contributed by atoms with van der Waals surface area (Å²) < 4.78 is 19.8. The summed E-state index contributed by atoms with van der Waals surface area (Å²) in [6, 6.07) is 12.9. The van der Waals surface area contributed by atoms with Gasteiger partial charge in [0.2, 0.25) is 6.10 Å². The second-order valence-electron chi connectivity index (χ2n) is 6.13. The number of nitrogens with zero attached hydrogens (tertiary/aromatic N) is 2. The predicted molar refractivity (Wildman–Crippen MR) is 108 cm³/mol. The minimum absolute atomic E-state index is 0.129. The lowest BCUT2D eigenvalue weighted by Crippen LogP contribution is -2.37. The first kappa shape index (κ1) is 19.0. The number of hydrogen-bond donors (Lipinski definition) is 0. The van der Waals surface area contributed by atoms with Crippen LogP contribution in [0.1, 0.15) is 6.92 Å². The molecule has 4 rings (SSSR count). The fourth-order valence-corrected chi connectivity index (χ4v) is 4.41. The number of ether oxygens (including phenoxy) is 3. The van der Waals surface area contributed by atoms with Gasteiger partial charge in [-0.05, 0) is 31.2 Å². The van der Waals surface area contributed by atoms with E-state index in [1.807, 2.05) is 47.9 Å². The van der Waals surface area contributed by atoms with Crippen molar-refractivity contribution >= 4 is 39.1 Å². The van der Waals surface area contributed by atoms with Crippen LogP contribution in [0.15, 0.2) is 47.5 Å². The van der Waals surface area contributed by atoms with E-state index in [1.54, 1.807) is 6.07 Å². The van der Waals surface area contributed by atoms with Crippen LogP contribution in [0, 0.1) is 0 Å². The highest BCUT2D eigenvalue weighted by Crippen LogP contribution is 2.31. The molecule has 0 aliphatic carbocycles. The summed E-state index contributed by atoms with van der Waals surface area (Å²) in [7, 11) is 0. The zero-order valence-corrected chi connectivity index (χ0v) is 16.8. The lowest BCUT2D eigenvalue weighted by atomic mass is 10.2. The van der Waals surface area contributed by atoms with E-state index in [0.717, 1.165) is 10.2 Å². The van der Waals surface area contributed by atoms with Crippen molar-refractivity contribution in [2.75, 3.05) is 19.8 Å². The summed E-state index contributed by atoms with van der Waals surface area (Å²) in [6.07, 6.45) is -0.782. The standard InChI is InChI=1S/C20H19ClN2O4S/c1-2-25-11-10-23-18-13(21)6-5-9-17(18)28-20(23)22-19(24)16-12-26-14-7-3-4-8-15(14)27-16/h3-9,16H,2,10-12H2,1H3/t16-/m1/s1. The minimum atomic E-state index is -0.782. The van der Waals surface area contributed by atoms with Gasteiger partial charge in [0, 0.05) is 13.2 Å². The van der Waals surface area contributed by atoms with Gasteiger partial charge >= 0.3 is 0 Å². The minimum Gasteiger partial charge on any atom is -0.485 e. The molecular formula is C20H19ClN2O4S. The van der Waals surface area contributed by atoms with Crippen molar-refractivity contribution in [2.24, 2.45) is 4.99 Å². The number of fused-ring (bicyclic) bond motifs is 2. The lowest BCUT2D eigenvalue weighted by molar-refractivity contribution is -0.127. The van der Waals surface area contributed by atoms with Gasteiger partial charge in [0.25, 0.3) is 5.91 Å². The molecule has 0 spiro atoms. The third-order valence-electron chi connectivity index (χ3n) is 4.31. The second kappa shape index (κ2) is 8.34. The molecule has 0 radical (unpaired) electrons. The molecule has 0 bridgehead atoms. The number of amides is 1. The Labute approximate surface area is 170 Å². The predicted octanol–water partition coefficient (Wildman–Crippen LogP) is 3.66. The summed E-state index contributed by atoms with van der Waals surface area (Å²) >= 11 is 7.82. The quantitative estimate of drug-likeness (QED) is 0.593. The molecular weight excluding hydrogens is 400 g/mol. The number of para-hydroxylation sites is 3. The van der Waals surface area contributed by atoms with Gasteiger partial charge in [0.1, 0.15) is 6.61 Å². The Balaban J connectivity index is 1.68. The number of carbonyl (C=O) groups excluding carboxylic acids is 1. The van der Waals surface area contributed by atoms with Crippen molar-refractivity contribution in [2.45, 2.75) is 19.6 Å². The van der Waals surface area contributed by atoms with Gasteiger partial charge in [-0.15, -0.1) is 0 Å². The molecule has 1 aliphatic rings. The third-order valence-corrected chi connectivity index (χ3v) is 5.65. The average Bonchev–Trinajstić information content (AvgIpc) is 3.06. The van der Waals surface area contributed by atoms with Crippen LogP contribution in [0.25, 0.3) is 10.2 Å². The molecule has 0 N–H and O–H groups in total. The summed E-state index contributed by atoms with van der Waals surface area (Å²) in [5, 5.41) is 0.616. The number of hydrogen-bond acceptors (Lipinski definition) is 5. The Kier molecular flexibility index (Phi) is 5.66. The largest absolute Gasteiger partial charge is 0.485 e. The van der Waals surface area contributed by atoms with Gasteiger partial charge in [0.15, 0.2) is 16.3 Å². The molecule has 2 heterocycles. The van der Waals surface area contributed by atoms with Crippen LogP contribution < -0.4 is 14.3 Å². The number of rotatable bonds is 5. The third kappa shape index (κ3) is 3.78. The van der Waals surface area contributed by atoms with Crippen molar-refractivity contribution < 1.29 is 19.0 Å². The van der Waals surface area contributed by atoms with Crippen LogP contribution in [0.4, 0.5) is 0 Å². The van der Waals surface area contributed by atoms with Gasteiger partial charge in [-0.1, -0.05) is 41.1 Å². The van der Waals surface area contributed by atoms with Crippen LogP contribution in [-0.2, 0) is 16.1 Å². The monoisotopic (exact) mass is 418 g/mol. The van der Waals surface area contributed by atoms with Crippen molar-refractivity contribution in [1.82, 2.24) is 4.57 Å². The number of benzene rings is 2. The Morgan fingerprint density at radius 3 is 2.93 bits per heavy atom. The first-order valence-corrected chi connectivity index (χ1v) is 10.2. The molecule has 3 aromatic rings. The zero-order chi connectivity index (χ0) is 19.5. The smallest absolute Gasteiger partial charge is 0.292 e. The molecule has 146 valence electrons. The highest BCUT2D eigenvalue weighted by Gasteiger charge is 2.27. The highest BCUT2D eigenvalue weighted by atomic mass is 35.5. The second-order valence-corrected chi connectivity index (χ2v) is 7.55. The average molecular weight is 419 g/mol. The van der Waals surface area contributed by atoms with Crippen LogP contribution in [0.5, 0.6) is 11.5 Å². The fraction of sp³-hybridized carbons (Fsp3) is 0.300. The van der Waals surface area contributed by atoms with E-state index in [9.17, 15) is 4.79 Å². The van der Waals surface area contributed by atoms with E-state index in [2.05, 4.69) is 4.99 Å². The molecule has 1 aromatic heterocycles. The molecule has 1 aliphatic heterocycles. The summed E-state index contributed by atoms with van der Waals surface area (Å²) in [5.74, 6) is 0.792. The molecule has 0 saturated carbocycles. The maximum absolute atomic E-state index is 12.8. The van der Waals surface area contributed by atoms with Gasteiger partial charge in [-0.2, -0.15) is 4.99 Å². The molecule has 0 fully saturated rings. The Morgan fingerprint density at radius 2 is 2.11 bits per heavy atom. The SMILES string of the molecule is CCOCCn1c(=NC(=O)[C@H]2COc3ccccc3O2)sc2cccc(Cl)c21. The normalized spacial score (nSPS) is 16.5. The van der Waals surface area contributed by atoms with Crippen molar-refractivity contribution in [3.63, 3.8) is 0 Å². The van der Waals surface area contributed by atoms with E-state index >= 15 is 0 Å². The first-order chi connectivity index (χ1) is 13.7. The Bertz CT molecular complexity index is 1080. The van der Waals surface area contributed by atoms with E-state index in [4.69, 9.17) is 25.8 Å². The van der Waals surface area contributed by atoms with E-state index in [-0.39, 0.29) is 12.5 Å². The molecule has 0 saturated heterocycles. The molecule has 1 amide bonds. The van der Waals surface area contributed by atoms with E-state index < -0.39 is 6.10 Å². The van der Waals surface area contributed by atoms with Crippen LogP contribution in [0.2, 0.25) is 5.02 Å². The number of halogens is 1. The van der Waals surface area contributed by atoms with Crippen LogP contribution in [0.3, 0.4) is 0 Å². The number of thiazole rings is 1. The van der Waals surface area contributed by atoms with Crippen LogP contribution in [-0.4, -0.2) is 36.4 Å². The maximum atomic E-state index is 12.8. The summed E-state index contributed by atoms with van der Waals surface area (Å²) in [6.45, 7) is 3.74. The fourth-order valence-electron chi connectivity index (χ4n) is 2.99. The Morgan fingerprint density at radius 1 is 1.29 bits per heavy atom. The lowest BCUT2D eigenvalue weighted by Gasteiger charge is -2.23.